The van der Waals surface area contributed by atoms with Crippen molar-refractivity contribution < 1.29 is 9.59 Å². The lowest BCUT2D eigenvalue weighted by Crippen LogP contribution is -2.31. The quantitative estimate of drug-likeness (QED) is 0.510. The van der Waals surface area contributed by atoms with Crippen molar-refractivity contribution >= 4 is 11.6 Å². The summed E-state index contributed by atoms with van der Waals surface area (Å²) in [5.74, 6) is -0.141. The van der Waals surface area contributed by atoms with Crippen LogP contribution in [0, 0.1) is 0 Å². The van der Waals surface area contributed by atoms with Crippen LogP contribution in [-0.2, 0) is 0 Å². The molecule has 3 heteroatoms. The molecular weight excluding hydrogens is 310 g/mol. The van der Waals surface area contributed by atoms with E-state index in [1.54, 1.807) is 24.3 Å². The second-order valence-electron chi connectivity index (χ2n) is 5.90. The molecule has 0 N–H and O–H groups in total. The SMILES string of the molecule is C=C(CN(CC)CC(=C)C(=O)c1ccccc1)C(=O)c1ccccc1. The second-order valence-corrected chi connectivity index (χ2v) is 5.90. The highest BCUT2D eigenvalue weighted by atomic mass is 16.1. The van der Waals surface area contributed by atoms with Gasteiger partial charge in [-0.05, 0) is 6.54 Å². The molecule has 2 rings (SSSR count). The topological polar surface area (TPSA) is 37.4 Å². The van der Waals surface area contributed by atoms with Crippen molar-refractivity contribution in [2.45, 2.75) is 6.92 Å². The van der Waals surface area contributed by atoms with Crippen LogP contribution in [0.2, 0.25) is 0 Å². The summed E-state index contributed by atoms with van der Waals surface area (Å²) in [5.41, 5.74) is 2.27. The molecule has 2 aromatic carbocycles. The van der Waals surface area contributed by atoms with Gasteiger partial charge in [0.25, 0.3) is 0 Å². The van der Waals surface area contributed by atoms with E-state index in [1.807, 2.05) is 48.2 Å². The number of rotatable bonds is 9. The Bertz CT molecular complexity index is 698. The van der Waals surface area contributed by atoms with Crippen molar-refractivity contribution in [1.29, 1.82) is 0 Å². The summed E-state index contributed by atoms with van der Waals surface area (Å²) < 4.78 is 0. The Hall–Kier alpha value is -2.78. The molecule has 0 aromatic heterocycles. The lowest BCUT2D eigenvalue weighted by atomic mass is 10.0. The molecule has 0 saturated carbocycles. The Morgan fingerprint density at radius 1 is 0.760 bits per heavy atom. The molecule has 0 heterocycles. The third-order valence-corrected chi connectivity index (χ3v) is 3.99. The highest BCUT2D eigenvalue weighted by Gasteiger charge is 2.17. The van der Waals surface area contributed by atoms with Gasteiger partial charge in [0.15, 0.2) is 11.6 Å². The molecule has 0 aliphatic carbocycles. The van der Waals surface area contributed by atoms with Crippen LogP contribution in [-0.4, -0.2) is 36.1 Å². The molecule has 0 unspecified atom stereocenters. The Morgan fingerprint density at radius 3 is 1.44 bits per heavy atom. The third-order valence-electron chi connectivity index (χ3n) is 3.99. The summed E-state index contributed by atoms with van der Waals surface area (Å²) in [6.45, 7) is 11.3. The van der Waals surface area contributed by atoms with Gasteiger partial charge in [-0.25, -0.2) is 0 Å². The maximum Gasteiger partial charge on any atom is 0.189 e. The van der Waals surface area contributed by atoms with E-state index in [4.69, 9.17) is 0 Å². The van der Waals surface area contributed by atoms with E-state index in [2.05, 4.69) is 13.2 Å². The molecule has 3 nitrogen and oxygen atoms in total. The molecule has 0 aliphatic rings. The number of Topliss-reactive ketones (excluding diaryl/α,β-unsaturated/α-hetero) is 2. The summed E-state index contributed by atoms with van der Waals surface area (Å²) in [5, 5.41) is 0. The zero-order chi connectivity index (χ0) is 18.2. The minimum Gasteiger partial charge on any atom is -0.295 e. The first kappa shape index (κ1) is 18.6. The first-order valence-corrected chi connectivity index (χ1v) is 8.30. The van der Waals surface area contributed by atoms with Gasteiger partial charge in [-0.2, -0.15) is 0 Å². The van der Waals surface area contributed by atoms with Crippen LogP contribution in [0.4, 0.5) is 0 Å². The molecule has 0 atom stereocenters. The molecule has 0 amide bonds. The van der Waals surface area contributed by atoms with Gasteiger partial charge < -0.3 is 0 Å². The van der Waals surface area contributed by atoms with E-state index in [-0.39, 0.29) is 11.6 Å². The van der Waals surface area contributed by atoms with Crippen LogP contribution in [0.3, 0.4) is 0 Å². The monoisotopic (exact) mass is 333 g/mol. The predicted octanol–water partition coefficient (Wildman–Crippen LogP) is 4.19. The molecule has 0 saturated heterocycles. The number of carbonyl (C=O) groups is 2. The van der Waals surface area contributed by atoms with E-state index in [0.717, 1.165) is 0 Å². The maximum absolute atomic E-state index is 12.4. The van der Waals surface area contributed by atoms with E-state index < -0.39 is 0 Å². The van der Waals surface area contributed by atoms with Crippen LogP contribution in [0.25, 0.3) is 0 Å². The maximum atomic E-state index is 12.4. The van der Waals surface area contributed by atoms with Crippen molar-refractivity contribution in [2.75, 3.05) is 19.6 Å². The van der Waals surface area contributed by atoms with Gasteiger partial charge in [-0.15, -0.1) is 0 Å². The average Bonchev–Trinajstić information content (AvgIpc) is 2.67. The number of hydrogen-bond donors (Lipinski definition) is 0. The second kappa shape index (κ2) is 8.90. The summed E-state index contributed by atoms with van der Waals surface area (Å²) >= 11 is 0. The molecule has 0 radical (unpaired) electrons. The summed E-state index contributed by atoms with van der Waals surface area (Å²) in [6, 6.07) is 18.2. The highest BCUT2D eigenvalue weighted by molar-refractivity contribution is 6.09. The van der Waals surface area contributed by atoms with Crippen LogP contribution in [0.15, 0.2) is 85.0 Å². The molecule has 0 bridgehead atoms. The Labute approximate surface area is 149 Å². The van der Waals surface area contributed by atoms with Crippen molar-refractivity contribution in [1.82, 2.24) is 4.90 Å². The van der Waals surface area contributed by atoms with E-state index in [1.165, 1.54) is 0 Å². The fraction of sp³-hybridized carbons (Fsp3) is 0.182. The Morgan fingerprint density at radius 2 is 1.12 bits per heavy atom. The van der Waals surface area contributed by atoms with E-state index >= 15 is 0 Å². The largest absolute Gasteiger partial charge is 0.295 e. The summed E-state index contributed by atoms with van der Waals surface area (Å²) in [7, 11) is 0. The molecule has 25 heavy (non-hydrogen) atoms. The highest BCUT2D eigenvalue weighted by Crippen LogP contribution is 2.12. The first-order valence-electron chi connectivity index (χ1n) is 8.30. The fourth-order valence-electron chi connectivity index (χ4n) is 2.55. The fourth-order valence-corrected chi connectivity index (χ4v) is 2.55. The standard InChI is InChI=1S/C22H23NO2/c1-4-23(15-17(2)21(24)19-11-7-5-8-12-19)16-18(3)22(25)20-13-9-6-10-14-20/h5-14H,2-4,15-16H2,1H3. The number of ketones is 2. The molecule has 0 spiro atoms. The minimum atomic E-state index is -0.0703. The number of hydrogen-bond acceptors (Lipinski definition) is 3. The van der Waals surface area contributed by atoms with Crippen molar-refractivity contribution in [3.05, 3.63) is 96.1 Å². The first-order chi connectivity index (χ1) is 12.0. The zero-order valence-corrected chi connectivity index (χ0v) is 14.6. The average molecular weight is 333 g/mol. The number of likely N-dealkylation sites (N-methyl/N-ethyl adjacent to an activating group) is 1. The molecule has 0 fully saturated rings. The molecule has 2 aromatic rings. The number of nitrogens with zero attached hydrogens (tertiary/aromatic N) is 1. The van der Waals surface area contributed by atoms with Crippen LogP contribution in [0.5, 0.6) is 0 Å². The van der Waals surface area contributed by atoms with Crippen LogP contribution in [0.1, 0.15) is 27.6 Å². The summed E-state index contributed by atoms with van der Waals surface area (Å²) in [6.07, 6.45) is 0. The van der Waals surface area contributed by atoms with Gasteiger partial charge in [0, 0.05) is 35.4 Å². The van der Waals surface area contributed by atoms with E-state index in [0.29, 0.717) is 41.9 Å². The smallest absolute Gasteiger partial charge is 0.189 e. The zero-order valence-electron chi connectivity index (χ0n) is 14.6. The Balaban J connectivity index is 1.98. The van der Waals surface area contributed by atoms with Crippen molar-refractivity contribution in [3.63, 3.8) is 0 Å². The summed E-state index contributed by atoms with van der Waals surface area (Å²) in [4.78, 5) is 26.8. The lowest BCUT2D eigenvalue weighted by molar-refractivity contribution is 0.102. The Kier molecular flexibility index (Phi) is 6.61. The predicted molar refractivity (Wildman–Crippen MR) is 102 cm³/mol. The van der Waals surface area contributed by atoms with Crippen molar-refractivity contribution in [2.24, 2.45) is 0 Å². The number of benzene rings is 2. The van der Waals surface area contributed by atoms with Gasteiger partial charge in [0.05, 0.1) is 0 Å². The third kappa shape index (κ3) is 5.10. The molecule has 0 aliphatic heterocycles. The minimum absolute atomic E-state index is 0.0703. The van der Waals surface area contributed by atoms with Crippen molar-refractivity contribution in [3.8, 4) is 0 Å². The van der Waals surface area contributed by atoms with Crippen LogP contribution >= 0.6 is 0 Å². The van der Waals surface area contributed by atoms with Gasteiger partial charge in [0.2, 0.25) is 0 Å². The molecule has 128 valence electrons. The normalized spacial score (nSPS) is 10.5. The van der Waals surface area contributed by atoms with Crippen LogP contribution < -0.4 is 0 Å². The van der Waals surface area contributed by atoms with Gasteiger partial charge in [0.1, 0.15) is 0 Å². The van der Waals surface area contributed by atoms with Gasteiger partial charge in [-0.1, -0.05) is 80.7 Å². The number of carbonyl (C=O) groups excluding carboxylic acids is 2. The van der Waals surface area contributed by atoms with Gasteiger partial charge >= 0.3 is 0 Å². The molecular formula is C22H23NO2. The lowest BCUT2D eigenvalue weighted by Gasteiger charge is -2.22. The van der Waals surface area contributed by atoms with Gasteiger partial charge in [-0.3, -0.25) is 14.5 Å². The van der Waals surface area contributed by atoms with E-state index in [9.17, 15) is 9.59 Å².